The van der Waals surface area contributed by atoms with E-state index in [4.69, 9.17) is 27.9 Å². The van der Waals surface area contributed by atoms with Crippen LogP contribution in [0.2, 0.25) is 10.0 Å². The molecule has 1 amide bonds. The van der Waals surface area contributed by atoms with Gasteiger partial charge in [0.25, 0.3) is 5.91 Å². The molecule has 6 heteroatoms. The van der Waals surface area contributed by atoms with Crippen LogP contribution in [0.25, 0.3) is 0 Å². The Kier molecular flexibility index (Phi) is 3.27. The van der Waals surface area contributed by atoms with Gasteiger partial charge in [-0.1, -0.05) is 23.2 Å². The van der Waals surface area contributed by atoms with E-state index in [0.717, 1.165) is 0 Å². The summed E-state index contributed by atoms with van der Waals surface area (Å²) in [4.78, 5) is 12.1. The van der Waals surface area contributed by atoms with Gasteiger partial charge in [0.05, 0.1) is 22.3 Å². The Hall–Kier alpha value is -1.07. The Bertz CT molecular complexity index is 573. The van der Waals surface area contributed by atoms with Gasteiger partial charge in [-0.25, -0.2) is 0 Å². The van der Waals surface area contributed by atoms with Crippen molar-refractivity contribution >= 4 is 34.8 Å². The Balaban J connectivity index is 1.74. The molecule has 100 valence electrons. The molecule has 0 aliphatic carbocycles. The van der Waals surface area contributed by atoms with Crippen LogP contribution in [0.4, 0.5) is 5.69 Å². The Morgan fingerprint density at radius 1 is 1.37 bits per heavy atom. The van der Waals surface area contributed by atoms with Crippen LogP contribution in [0.5, 0.6) is 0 Å². The summed E-state index contributed by atoms with van der Waals surface area (Å²) in [5.41, 5.74) is 1.13. The molecule has 0 radical (unpaired) electrons. The second-order valence-electron chi connectivity index (χ2n) is 4.60. The van der Waals surface area contributed by atoms with Crippen molar-refractivity contribution in [1.82, 2.24) is 0 Å². The molecule has 0 aromatic heterocycles. The fourth-order valence-corrected chi connectivity index (χ4v) is 2.62. The van der Waals surface area contributed by atoms with Gasteiger partial charge in [0, 0.05) is 17.7 Å². The number of aliphatic hydroxyl groups excluding tert-OH is 1. The van der Waals surface area contributed by atoms with E-state index in [-0.39, 0.29) is 18.1 Å². The summed E-state index contributed by atoms with van der Waals surface area (Å²) in [6, 6.07) is 4.88. The first kappa shape index (κ1) is 12.9. The zero-order valence-electron chi connectivity index (χ0n) is 9.77. The van der Waals surface area contributed by atoms with Crippen molar-refractivity contribution in [2.45, 2.75) is 24.7 Å². The Morgan fingerprint density at radius 3 is 2.74 bits per heavy atom. The lowest BCUT2D eigenvalue weighted by Crippen LogP contribution is -2.25. The fraction of sp³-hybridized carbons (Fsp3) is 0.308. The van der Waals surface area contributed by atoms with Gasteiger partial charge in [0.1, 0.15) is 6.10 Å². The monoisotopic (exact) mass is 299 g/mol. The second-order valence-corrected chi connectivity index (χ2v) is 5.41. The van der Waals surface area contributed by atoms with E-state index in [9.17, 15) is 9.90 Å². The number of carbonyl (C=O) groups excluding carboxylic acids is 1. The average molecular weight is 300 g/mol. The number of ether oxygens (including phenoxy) is 1. The van der Waals surface area contributed by atoms with Crippen molar-refractivity contribution in [3.05, 3.63) is 39.9 Å². The lowest BCUT2D eigenvalue weighted by molar-refractivity contribution is -0.113. The molecular weight excluding hydrogens is 289 g/mol. The van der Waals surface area contributed by atoms with Crippen molar-refractivity contribution in [3.8, 4) is 0 Å². The molecule has 1 aromatic carbocycles. The molecule has 3 rings (SSSR count). The number of aliphatic hydroxyl groups is 1. The van der Waals surface area contributed by atoms with Gasteiger partial charge in [-0.2, -0.15) is 0 Å². The second kappa shape index (κ2) is 4.80. The van der Waals surface area contributed by atoms with Crippen LogP contribution in [0.1, 0.15) is 6.42 Å². The number of anilines is 1. The number of fused-ring (bicyclic) bond motifs is 2. The molecule has 0 spiro atoms. The van der Waals surface area contributed by atoms with Crippen LogP contribution in [0.15, 0.2) is 29.8 Å². The SMILES string of the molecule is O=C(Nc1ccc(Cl)c(Cl)c1)C1=CC2OC1CC2O. The smallest absolute Gasteiger partial charge is 0.254 e. The van der Waals surface area contributed by atoms with Gasteiger partial charge in [0.15, 0.2) is 0 Å². The summed E-state index contributed by atoms with van der Waals surface area (Å²) in [5.74, 6) is -0.238. The number of hydrogen-bond donors (Lipinski definition) is 2. The fourth-order valence-electron chi connectivity index (χ4n) is 2.32. The maximum Gasteiger partial charge on any atom is 0.254 e. The van der Waals surface area contributed by atoms with Crippen molar-refractivity contribution in [1.29, 1.82) is 0 Å². The largest absolute Gasteiger partial charge is 0.390 e. The van der Waals surface area contributed by atoms with E-state index < -0.39 is 6.10 Å². The number of rotatable bonds is 2. The van der Waals surface area contributed by atoms with E-state index in [1.807, 2.05) is 0 Å². The summed E-state index contributed by atoms with van der Waals surface area (Å²) >= 11 is 11.7. The van der Waals surface area contributed by atoms with Crippen LogP contribution in [0.3, 0.4) is 0 Å². The molecule has 2 bridgehead atoms. The summed E-state index contributed by atoms with van der Waals surface area (Å²) in [5, 5.41) is 13.1. The zero-order chi connectivity index (χ0) is 13.6. The predicted molar refractivity (Wildman–Crippen MR) is 72.5 cm³/mol. The highest BCUT2D eigenvalue weighted by Gasteiger charge is 2.42. The first-order valence-corrected chi connectivity index (χ1v) is 6.62. The van der Waals surface area contributed by atoms with Crippen LogP contribution < -0.4 is 5.32 Å². The molecule has 19 heavy (non-hydrogen) atoms. The highest BCUT2D eigenvalue weighted by Crippen LogP contribution is 2.34. The maximum atomic E-state index is 12.1. The van der Waals surface area contributed by atoms with Gasteiger partial charge in [-0.3, -0.25) is 4.79 Å². The summed E-state index contributed by atoms with van der Waals surface area (Å²) < 4.78 is 5.45. The molecule has 3 unspecified atom stereocenters. The van der Waals surface area contributed by atoms with E-state index in [2.05, 4.69) is 5.32 Å². The molecule has 3 atom stereocenters. The number of hydrogen-bond acceptors (Lipinski definition) is 3. The van der Waals surface area contributed by atoms with Gasteiger partial charge in [-0.05, 0) is 24.3 Å². The van der Waals surface area contributed by atoms with Crippen LogP contribution in [-0.4, -0.2) is 29.3 Å². The average Bonchev–Trinajstić information content (AvgIpc) is 2.92. The summed E-state index contributed by atoms with van der Waals surface area (Å²) in [6.07, 6.45) is 0.950. The molecule has 1 fully saturated rings. The normalized spacial score (nSPS) is 28.4. The molecule has 2 heterocycles. The van der Waals surface area contributed by atoms with Gasteiger partial charge in [0.2, 0.25) is 0 Å². The van der Waals surface area contributed by atoms with Crippen molar-refractivity contribution < 1.29 is 14.6 Å². The molecule has 4 nitrogen and oxygen atoms in total. The minimum absolute atomic E-state index is 0.238. The molecule has 2 aliphatic heterocycles. The number of amides is 1. The Labute approximate surface area is 120 Å². The summed E-state index contributed by atoms with van der Waals surface area (Å²) in [6.45, 7) is 0. The number of halogens is 2. The highest BCUT2D eigenvalue weighted by molar-refractivity contribution is 6.42. The van der Waals surface area contributed by atoms with E-state index in [0.29, 0.717) is 27.7 Å². The third-order valence-electron chi connectivity index (χ3n) is 3.29. The highest BCUT2D eigenvalue weighted by atomic mass is 35.5. The number of nitrogens with one attached hydrogen (secondary N) is 1. The predicted octanol–water partition coefficient (Wildman–Crippen LogP) is 2.39. The summed E-state index contributed by atoms with van der Waals surface area (Å²) in [7, 11) is 0. The van der Waals surface area contributed by atoms with Crippen molar-refractivity contribution in [2.75, 3.05) is 5.32 Å². The first-order valence-electron chi connectivity index (χ1n) is 5.86. The van der Waals surface area contributed by atoms with Crippen LogP contribution >= 0.6 is 23.2 Å². The van der Waals surface area contributed by atoms with E-state index in [1.54, 1.807) is 24.3 Å². The maximum absolute atomic E-state index is 12.1. The minimum Gasteiger partial charge on any atom is -0.390 e. The van der Waals surface area contributed by atoms with Crippen molar-refractivity contribution in [2.24, 2.45) is 0 Å². The first-order chi connectivity index (χ1) is 9.04. The number of carbonyl (C=O) groups is 1. The lowest BCUT2D eigenvalue weighted by Gasteiger charge is -2.13. The van der Waals surface area contributed by atoms with Crippen molar-refractivity contribution in [3.63, 3.8) is 0 Å². The molecule has 0 saturated carbocycles. The van der Waals surface area contributed by atoms with E-state index in [1.165, 1.54) is 0 Å². The lowest BCUT2D eigenvalue weighted by atomic mass is 9.96. The third kappa shape index (κ3) is 2.37. The molecule has 1 saturated heterocycles. The van der Waals surface area contributed by atoms with Gasteiger partial charge >= 0.3 is 0 Å². The zero-order valence-corrected chi connectivity index (χ0v) is 11.3. The Morgan fingerprint density at radius 2 is 2.16 bits per heavy atom. The molecule has 1 aromatic rings. The van der Waals surface area contributed by atoms with Gasteiger partial charge < -0.3 is 15.2 Å². The standard InChI is InChI=1S/C13H11Cl2NO3/c14-8-2-1-6(3-9(8)15)16-13(18)7-4-12-10(17)5-11(7)19-12/h1-4,10-12,17H,5H2,(H,16,18). The van der Waals surface area contributed by atoms with Crippen LogP contribution in [-0.2, 0) is 9.53 Å². The van der Waals surface area contributed by atoms with E-state index >= 15 is 0 Å². The van der Waals surface area contributed by atoms with Crippen LogP contribution in [0, 0.1) is 0 Å². The third-order valence-corrected chi connectivity index (χ3v) is 4.03. The molecule has 2 N–H and O–H groups in total. The number of benzene rings is 1. The van der Waals surface area contributed by atoms with Gasteiger partial charge in [-0.15, -0.1) is 0 Å². The molecule has 2 aliphatic rings. The quantitative estimate of drug-likeness (QED) is 0.881. The topological polar surface area (TPSA) is 58.6 Å². The minimum atomic E-state index is -0.508. The molecular formula is C13H11Cl2NO3.